The van der Waals surface area contributed by atoms with Crippen molar-refractivity contribution in [1.29, 1.82) is 0 Å². The molecule has 0 heterocycles. The number of amides is 1. The number of aryl methyl sites for hydroxylation is 2. The highest BCUT2D eigenvalue weighted by Crippen LogP contribution is 2.11. The molecule has 1 amide bonds. The third kappa shape index (κ3) is 4.11. The first-order chi connectivity index (χ1) is 8.43. The summed E-state index contributed by atoms with van der Waals surface area (Å²) in [5.74, 6) is 0.0635. The van der Waals surface area contributed by atoms with E-state index in [1.165, 1.54) is 11.1 Å². The summed E-state index contributed by atoms with van der Waals surface area (Å²) in [5.41, 5.74) is 8.96. The Balaban J connectivity index is 2.73. The maximum absolute atomic E-state index is 12.1. The topological polar surface area (TPSA) is 46.3 Å². The van der Waals surface area contributed by atoms with E-state index in [-0.39, 0.29) is 5.91 Å². The van der Waals surface area contributed by atoms with Crippen LogP contribution in [0.4, 0.5) is 0 Å². The van der Waals surface area contributed by atoms with E-state index in [9.17, 15) is 4.79 Å². The zero-order valence-corrected chi connectivity index (χ0v) is 12.0. The minimum absolute atomic E-state index is 0.0635. The molecule has 1 rings (SSSR count). The molecule has 18 heavy (non-hydrogen) atoms. The van der Waals surface area contributed by atoms with Crippen LogP contribution in [0, 0.1) is 13.8 Å². The lowest BCUT2D eigenvalue weighted by Gasteiger charge is -2.20. The Morgan fingerprint density at radius 3 is 2.50 bits per heavy atom. The second kappa shape index (κ2) is 6.50. The average Bonchev–Trinajstić information content (AvgIpc) is 2.30. The molecule has 0 aromatic heterocycles. The highest BCUT2D eigenvalue weighted by atomic mass is 32.1. The van der Waals surface area contributed by atoms with E-state index in [1.807, 2.05) is 19.1 Å². The monoisotopic (exact) mass is 264 g/mol. The summed E-state index contributed by atoms with van der Waals surface area (Å²) < 4.78 is 0. The molecule has 0 radical (unpaired) electrons. The quantitative estimate of drug-likeness (QED) is 0.827. The molecule has 1 aromatic rings. The molecule has 0 saturated heterocycles. The second-order valence-corrected chi connectivity index (χ2v) is 4.99. The van der Waals surface area contributed by atoms with Gasteiger partial charge in [0.1, 0.15) is 0 Å². The van der Waals surface area contributed by atoms with Crippen LogP contribution in [0.25, 0.3) is 0 Å². The van der Waals surface area contributed by atoms with E-state index in [1.54, 1.807) is 4.90 Å². The Morgan fingerprint density at radius 1 is 1.33 bits per heavy atom. The van der Waals surface area contributed by atoms with Gasteiger partial charge in [-0.1, -0.05) is 30.4 Å². The van der Waals surface area contributed by atoms with Gasteiger partial charge in [0.25, 0.3) is 0 Å². The Morgan fingerprint density at radius 2 is 2.00 bits per heavy atom. The molecule has 0 spiro atoms. The molecule has 0 fully saturated rings. The highest BCUT2D eigenvalue weighted by molar-refractivity contribution is 7.80. The van der Waals surface area contributed by atoms with Gasteiger partial charge in [-0.05, 0) is 37.5 Å². The maximum atomic E-state index is 12.1. The molecule has 0 atom stereocenters. The lowest BCUT2D eigenvalue weighted by molar-refractivity contribution is -0.129. The molecule has 4 heteroatoms. The first-order valence-corrected chi connectivity index (χ1v) is 6.47. The van der Waals surface area contributed by atoms with Crippen molar-refractivity contribution in [1.82, 2.24) is 4.90 Å². The molecule has 98 valence electrons. The van der Waals surface area contributed by atoms with Gasteiger partial charge in [-0.3, -0.25) is 4.79 Å². The van der Waals surface area contributed by atoms with Gasteiger partial charge < -0.3 is 10.6 Å². The summed E-state index contributed by atoms with van der Waals surface area (Å²) in [6.45, 7) is 7.02. The fourth-order valence-corrected chi connectivity index (χ4v) is 1.92. The fraction of sp³-hybridized carbons (Fsp3) is 0.429. The molecule has 0 aliphatic carbocycles. The van der Waals surface area contributed by atoms with E-state index in [4.69, 9.17) is 18.0 Å². The van der Waals surface area contributed by atoms with Crippen molar-refractivity contribution in [3.05, 3.63) is 34.9 Å². The molecular weight excluding hydrogens is 244 g/mol. The summed E-state index contributed by atoms with van der Waals surface area (Å²) in [6, 6.07) is 6.10. The molecular formula is C14H20N2OS. The molecule has 0 bridgehead atoms. The van der Waals surface area contributed by atoms with Crippen LogP contribution < -0.4 is 5.73 Å². The third-order valence-corrected chi connectivity index (χ3v) is 3.14. The Hall–Kier alpha value is -1.42. The van der Waals surface area contributed by atoms with Gasteiger partial charge in [0.15, 0.2) is 0 Å². The number of benzene rings is 1. The predicted octanol–water partition coefficient (Wildman–Crippen LogP) is 1.98. The number of likely N-dealkylation sites (N-methyl/N-ethyl adjacent to an activating group) is 1. The third-order valence-electron chi connectivity index (χ3n) is 3.01. The summed E-state index contributed by atoms with van der Waals surface area (Å²) in [4.78, 5) is 14.1. The maximum Gasteiger partial charge on any atom is 0.227 e. The predicted molar refractivity (Wildman–Crippen MR) is 78.7 cm³/mol. The van der Waals surface area contributed by atoms with Gasteiger partial charge in [-0.15, -0.1) is 0 Å². The fourth-order valence-electron chi connectivity index (χ4n) is 1.76. The average molecular weight is 264 g/mol. The van der Waals surface area contributed by atoms with E-state index in [0.29, 0.717) is 24.5 Å². The summed E-state index contributed by atoms with van der Waals surface area (Å²) >= 11 is 4.84. The van der Waals surface area contributed by atoms with Crippen LogP contribution in [0.1, 0.15) is 23.6 Å². The second-order valence-electron chi connectivity index (χ2n) is 4.47. The van der Waals surface area contributed by atoms with Crippen molar-refractivity contribution >= 4 is 23.1 Å². The van der Waals surface area contributed by atoms with Crippen LogP contribution in [0.5, 0.6) is 0 Å². The van der Waals surface area contributed by atoms with E-state index in [0.717, 1.165) is 5.56 Å². The largest absolute Gasteiger partial charge is 0.392 e. The van der Waals surface area contributed by atoms with E-state index >= 15 is 0 Å². The van der Waals surface area contributed by atoms with E-state index < -0.39 is 0 Å². The van der Waals surface area contributed by atoms with Gasteiger partial charge in [-0.25, -0.2) is 0 Å². The van der Waals surface area contributed by atoms with Crippen LogP contribution >= 0.6 is 12.2 Å². The summed E-state index contributed by atoms with van der Waals surface area (Å²) in [5, 5.41) is 0. The number of carbonyl (C=O) groups is 1. The molecule has 0 aliphatic heterocycles. The van der Waals surface area contributed by atoms with Crippen molar-refractivity contribution in [2.45, 2.75) is 27.2 Å². The van der Waals surface area contributed by atoms with Gasteiger partial charge in [0, 0.05) is 6.54 Å². The number of rotatable bonds is 5. The molecule has 3 nitrogen and oxygen atoms in total. The number of hydrogen-bond donors (Lipinski definition) is 1. The Kier molecular flexibility index (Phi) is 5.28. The van der Waals surface area contributed by atoms with Crippen LogP contribution in [-0.2, 0) is 11.2 Å². The van der Waals surface area contributed by atoms with Gasteiger partial charge in [0.05, 0.1) is 18.0 Å². The van der Waals surface area contributed by atoms with Crippen molar-refractivity contribution in [3.63, 3.8) is 0 Å². The summed E-state index contributed by atoms with van der Waals surface area (Å²) in [6.07, 6.45) is 0.400. The lowest BCUT2D eigenvalue weighted by Crippen LogP contribution is -2.38. The number of nitrogens with two attached hydrogens (primary N) is 1. The number of nitrogens with zero attached hydrogens (tertiary/aromatic N) is 1. The molecule has 0 unspecified atom stereocenters. The number of thiocarbonyl (C=S) groups is 1. The van der Waals surface area contributed by atoms with Gasteiger partial charge in [0.2, 0.25) is 5.91 Å². The van der Waals surface area contributed by atoms with Gasteiger partial charge >= 0.3 is 0 Å². The lowest BCUT2D eigenvalue weighted by atomic mass is 10.0. The Labute approximate surface area is 114 Å². The SMILES string of the molecule is CCN(CC(N)=S)C(=O)Cc1ccc(C)c(C)c1. The minimum Gasteiger partial charge on any atom is -0.392 e. The van der Waals surface area contributed by atoms with Crippen molar-refractivity contribution in [3.8, 4) is 0 Å². The highest BCUT2D eigenvalue weighted by Gasteiger charge is 2.13. The molecule has 1 aromatic carbocycles. The molecule has 0 aliphatic rings. The zero-order chi connectivity index (χ0) is 13.7. The smallest absolute Gasteiger partial charge is 0.227 e. The molecule has 0 saturated carbocycles. The zero-order valence-electron chi connectivity index (χ0n) is 11.2. The first kappa shape index (κ1) is 14.6. The van der Waals surface area contributed by atoms with Crippen LogP contribution in [0.15, 0.2) is 18.2 Å². The number of hydrogen-bond acceptors (Lipinski definition) is 2. The van der Waals surface area contributed by atoms with Crippen molar-refractivity contribution in [2.24, 2.45) is 5.73 Å². The Bertz CT molecular complexity index is 457. The van der Waals surface area contributed by atoms with Crippen molar-refractivity contribution < 1.29 is 4.79 Å². The minimum atomic E-state index is 0.0635. The van der Waals surface area contributed by atoms with Crippen molar-refractivity contribution in [2.75, 3.05) is 13.1 Å². The first-order valence-electron chi connectivity index (χ1n) is 6.06. The number of carbonyl (C=O) groups excluding carboxylic acids is 1. The molecule has 2 N–H and O–H groups in total. The van der Waals surface area contributed by atoms with Crippen LogP contribution in [0.3, 0.4) is 0 Å². The van der Waals surface area contributed by atoms with Crippen LogP contribution in [-0.4, -0.2) is 28.9 Å². The van der Waals surface area contributed by atoms with Crippen LogP contribution in [0.2, 0.25) is 0 Å². The van der Waals surface area contributed by atoms with Gasteiger partial charge in [-0.2, -0.15) is 0 Å². The van der Waals surface area contributed by atoms with E-state index in [2.05, 4.69) is 19.9 Å². The normalized spacial score (nSPS) is 10.2. The standard InChI is InChI=1S/C14H20N2OS/c1-4-16(9-13(15)18)14(17)8-12-6-5-10(2)11(3)7-12/h5-7H,4,8-9H2,1-3H3,(H2,15,18). The summed E-state index contributed by atoms with van der Waals surface area (Å²) in [7, 11) is 0.